The Morgan fingerprint density at radius 1 is 0.905 bits per heavy atom. The molecular formula is C17H20O3S. The average molecular weight is 304 g/mol. The quantitative estimate of drug-likeness (QED) is 0.793. The normalized spacial score (nSPS) is 11.6. The fourth-order valence-corrected chi connectivity index (χ4v) is 2.91. The summed E-state index contributed by atoms with van der Waals surface area (Å²) >= 11 is 0. The van der Waals surface area contributed by atoms with Crippen LogP contribution in [0.3, 0.4) is 0 Å². The molecule has 112 valence electrons. The van der Waals surface area contributed by atoms with Crippen LogP contribution < -0.4 is 0 Å². The second-order valence-corrected chi connectivity index (χ2v) is 6.87. The summed E-state index contributed by atoms with van der Waals surface area (Å²) in [4.78, 5) is 0.202. The van der Waals surface area contributed by atoms with Gasteiger partial charge in [0.15, 0.2) is 0 Å². The molecule has 0 amide bonds. The largest absolute Gasteiger partial charge is 0.296 e. The lowest BCUT2D eigenvalue weighted by molar-refractivity contribution is 0.322. The third kappa shape index (κ3) is 4.16. The SMILES string of the molecule is Cc1ccc(S(=O)(=O)OCCc2ccc(C)c(C)c2)cc1. The predicted octanol–water partition coefficient (Wildman–Crippen LogP) is 3.56. The van der Waals surface area contributed by atoms with E-state index in [2.05, 4.69) is 13.0 Å². The molecule has 0 aliphatic heterocycles. The molecule has 0 heterocycles. The third-order valence-corrected chi connectivity index (χ3v) is 4.84. The lowest BCUT2D eigenvalue weighted by atomic mass is 10.0. The van der Waals surface area contributed by atoms with Crippen molar-refractivity contribution in [3.05, 3.63) is 64.7 Å². The second kappa shape index (κ2) is 6.41. The lowest BCUT2D eigenvalue weighted by Gasteiger charge is -2.07. The van der Waals surface area contributed by atoms with Gasteiger partial charge in [-0.25, -0.2) is 0 Å². The van der Waals surface area contributed by atoms with Crippen molar-refractivity contribution in [2.24, 2.45) is 0 Å². The summed E-state index contributed by atoms with van der Waals surface area (Å²) in [7, 11) is -3.67. The summed E-state index contributed by atoms with van der Waals surface area (Å²) in [6.45, 7) is 6.16. The Hall–Kier alpha value is -1.65. The summed E-state index contributed by atoms with van der Waals surface area (Å²) in [6.07, 6.45) is 0.576. The van der Waals surface area contributed by atoms with Crippen molar-refractivity contribution >= 4 is 10.1 Å². The summed E-state index contributed by atoms with van der Waals surface area (Å²) in [5.74, 6) is 0. The molecule has 0 saturated heterocycles. The van der Waals surface area contributed by atoms with Crippen LogP contribution in [0.1, 0.15) is 22.3 Å². The maximum absolute atomic E-state index is 12.0. The number of hydrogen-bond acceptors (Lipinski definition) is 3. The van der Waals surface area contributed by atoms with E-state index in [4.69, 9.17) is 4.18 Å². The molecule has 2 rings (SSSR count). The van der Waals surface area contributed by atoms with E-state index in [1.165, 1.54) is 11.1 Å². The average Bonchev–Trinajstić information content (AvgIpc) is 2.43. The van der Waals surface area contributed by atoms with E-state index in [0.717, 1.165) is 11.1 Å². The van der Waals surface area contributed by atoms with E-state index < -0.39 is 10.1 Å². The zero-order valence-corrected chi connectivity index (χ0v) is 13.4. The van der Waals surface area contributed by atoms with Crippen LogP contribution in [-0.2, 0) is 20.7 Å². The molecule has 21 heavy (non-hydrogen) atoms. The van der Waals surface area contributed by atoms with Crippen LogP contribution in [0.2, 0.25) is 0 Å². The zero-order valence-electron chi connectivity index (χ0n) is 12.6. The van der Waals surface area contributed by atoms with E-state index in [-0.39, 0.29) is 11.5 Å². The first-order valence-corrected chi connectivity index (χ1v) is 8.31. The lowest BCUT2D eigenvalue weighted by Crippen LogP contribution is -2.09. The van der Waals surface area contributed by atoms with Crippen molar-refractivity contribution in [1.82, 2.24) is 0 Å². The molecular weight excluding hydrogens is 284 g/mol. The van der Waals surface area contributed by atoms with Gasteiger partial charge < -0.3 is 0 Å². The first kappa shape index (κ1) is 15.7. The number of aryl methyl sites for hydroxylation is 3. The van der Waals surface area contributed by atoms with Gasteiger partial charge in [-0.15, -0.1) is 0 Å². The van der Waals surface area contributed by atoms with Gasteiger partial charge in [0, 0.05) is 0 Å². The molecule has 0 fully saturated rings. The Bertz CT molecular complexity index is 716. The van der Waals surface area contributed by atoms with E-state index in [1.807, 2.05) is 26.0 Å². The van der Waals surface area contributed by atoms with Gasteiger partial charge in [0.25, 0.3) is 10.1 Å². The summed E-state index contributed by atoms with van der Waals surface area (Å²) in [5, 5.41) is 0. The minimum Gasteiger partial charge on any atom is -0.266 e. The Balaban J connectivity index is 1.98. The topological polar surface area (TPSA) is 43.4 Å². The molecule has 0 aliphatic rings. The van der Waals surface area contributed by atoms with Crippen molar-refractivity contribution in [3.8, 4) is 0 Å². The second-order valence-electron chi connectivity index (χ2n) is 5.26. The fraction of sp³-hybridized carbons (Fsp3) is 0.294. The maximum atomic E-state index is 12.0. The van der Waals surface area contributed by atoms with Gasteiger partial charge in [0.1, 0.15) is 0 Å². The molecule has 0 radical (unpaired) electrons. The molecule has 3 nitrogen and oxygen atoms in total. The number of rotatable bonds is 5. The monoisotopic (exact) mass is 304 g/mol. The van der Waals surface area contributed by atoms with Gasteiger partial charge in [-0.3, -0.25) is 4.18 Å². The van der Waals surface area contributed by atoms with Crippen LogP contribution in [0.15, 0.2) is 47.4 Å². The molecule has 0 saturated carbocycles. The van der Waals surface area contributed by atoms with Crippen LogP contribution in [-0.4, -0.2) is 15.0 Å². The van der Waals surface area contributed by atoms with Gasteiger partial charge in [-0.1, -0.05) is 35.9 Å². The highest BCUT2D eigenvalue weighted by Crippen LogP contribution is 2.15. The van der Waals surface area contributed by atoms with Gasteiger partial charge in [0.05, 0.1) is 11.5 Å². The van der Waals surface area contributed by atoms with E-state index in [9.17, 15) is 8.42 Å². The first-order chi connectivity index (χ1) is 9.88. The molecule has 0 unspecified atom stereocenters. The Labute approximate surface area is 126 Å². The van der Waals surface area contributed by atoms with Crippen LogP contribution in [0.25, 0.3) is 0 Å². The van der Waals surface area contributed by atoms with E-state index in [0.29, 0.717) is 6.42 Å². The Morgan fingerprint density at radius 3 is 2.19 bits per heavy atom. The van der Waals surface area contributed by atoms with Crippen LogP contribution in [0.5, 0.6) is 0 Å². The van der Waals surface area contributed by atoms with Gasteiger partial charge >= 0.3 is 0 Å². The van der Waals surface area contributed by atoms with Crippen molar-refractivity contribution in [3.63, 3.8) is 0 Å². The molecule has 0 aliphatic carbocycles. The van der Waals surface area contributed by atoms with Crippen molar-refractivity contribution in [2.45, 2.75) is 32.1 Å². The molecule has 2 aromatic rings. The molecule has 0 atom stereocenters. The summed E-state index contributed by atoms with van der Waals surface area (Å²) < 4.78 is 29.2. The fourth-order valence-electron chi connectivity index (χ4n) is 2.00. The molecule has 0 aromatic heterocycles. The molecule has 0 N–H and O–H groups in total. The smallest absolute Gasteiger partial charge is 0.266 e. The third-order valence-electron chi connectivity index (χ3n) is 3.51. The number of hydrogen-bond donors (Lipinski definition) is 0. The van der Waals surface area contributed by atoms with Crippen LogP contribution >= 0.6 is 0 Å². The minimum atomic E-state index is -3.67. The van der Waals surface area contributed by atoms with Crippen molar-refractivity contribution in [2.75, 3.05) is 6.61 Å². The predicted molar refractivity (Wildman–Crippen MR) is 83.9 cm³/mol. The van der Waals surface area contributed by atoms with Crippen LogP contribution in [0, 0.1) is 20.8 Å². The highest BCUT2D eigenvalue weighted by Gasteiger charge is 2.14. The highest BCUT2D eigenvalue weighted by molar-refractivity contribution is 7.86. The highest BCUT2D eigenvalue weighted by atomic mass is 32.2. The van der Waals surface area contributed by atoms with Crippen molar-refractivity contribution < 1.29 is 12.6 Å². The standard InChI is InChI=1S/C17H20O3S/c1-13-4-8-17(9-5-13)21(18,19)20-11-10-16-7-6-14(2)15(3)12-16/h4-9,12H,10-11H2,1-3H3. The summed E-state index contributed by atoms with van der Waals surface area (Å²) in [6, 6.07) is 12.8. The van der Waals surface area contributed by atoms with Gasteiger partial charge in [0.2, 0.25) is 0 Å². The Kier molecular flexibility index (Phi) is 4.80. The minimum absolute atomic E-state index is 0.151. The Morgan fingerprint density at radius 2 is 1.57 bits per heavy atom. The summed E-state index contributed by atoms with van der Waals surface area (Å²) in [5.41, 5.74) is 4.53. The maximum Gasteiger partial charge on any atom is 0.296 e. The van der Waals surface area contributed by atoms with E-state index in [1.54, 1.807) is 24.3 Å². The van der Waals surface area contributed by atoms with Gasteiger partial charge in [-0.05, 0) is 56.0 Å². The van der Waals surface area contributed by atoms with E-state index >= 15 is 0 Å². The zero-order chi connectivity index (χ0) is 15.5. The number of benzene rings is 2. The first-order valence-electron chi connectivity index (χ1n) is 6.91. The molecule has 4 heteroatoms. The molecule has 0 bridgehead atoms. The molecule has 0 spiro atoms. The van der Waals surface area contributed by atoms with Crippen molar-refractivity contribution in [1.29, 1.82) is 0 Å². The van der Waals surface area contributed by atoms with Crippen LogP contribution in [0.4, 0.5) is 0 Å². The van der Waals surface area contributed by atoms with Gasteiger partial charge in [-0.2, -0.15) is 8.42 Å². The molecule has 2 aromatic carbocycles.